The SMILES string of the molecule is CCCNC(=O)c1ccc(N2CCNCC2)c(NS(=O)(=O)c2ccc(CC)cc2)c1.O=C(O)C(F)(F)F. The summed E-state index contributed by atoms with van der Waals surface area (Å²) in [5, 5.41) is 13.3. The van der Waals surface area contributed by atoms with Gasteiger partial charge in [0.2, 0.25) is 0 Å². The lowest BCUT2D eigenvalue weighted by Gasteiger charge is -2.31. The summed E-state index contributed by atoms with van der Waals surface area (Å²) in [6.45, 7) is 7.76. The zero-order chi connectivity index (χ0) is 27.6. The maximum absolute atomic E-state index is 13.0. The molecule has 4 N–H and O–H groups in total. The van der Waals surface area contributed by atoms with Crippen molar-refractivity contribution >= 4 is 33.3 Å². The van der Waals surface area contributed by atoms with Gasteiger partial charge in [0.05, 0.1) is 16.3 Å². The van der Waals surface area contributed by atoms with E-state index in [0.717, 1.165) is 50.3 Å². The first-order valence-electron chi connectivity index (χ1n) is 11.7. The number of nitrogens with one attached hydrogen (secondary N) is 3. The van der Waals surface area contributed by atoms with E-state index in [0.29, 0.717) is 17.8 Å². The molecule has 0 radical (unpaired) electrons. The van der Waals surface area contributed by atoms with Gasteiger partial charge < -0.3 is 20.6 Å². The first kappa shape index (κ1) is 29.9. The summed E-state index contributed by atoms with van der Waals surface area (Å²) in [6.07, 6.45) is -3.41. The topological polar surface area (TPSA) is 128 Å². The Labute approximate surface area is 214 Å². The second kappa shape index (κ2) is 13.3. The number of amides is 1. The number of carbonyl (C=O) groups is 2. The van der Waals surface area contributed by atoms with Gasteiger partial charge in [0.25, 0.3) is 15.9 Å². The molecule has 37 heavy (non-hydrogen) atoms. The smallest absolute Gasteiger partial charge is 0.475 e. The lowest BCUT2D eigenvalue weighted by Crippen LogP contribution is -2.43. The van der Waals surface area contributed by atoms with Gasteiger partial charge in [-0.1, -0.05) is 26.0 Å². The number of hydrogen-bond donors (Lipinski definition) is 4. The number of benzene rings is 2. The van der Waals surface area contributed by atoms with Crippen LogP contribution in [-0.2, 0) is 21.2 Å². The summed E-state index contributed by atoms with van der Waals surface area (Å²) in [5.41, 5.74) is 2.70. The van der Waals surface area contributed by atoms with E-state index in [1.54, 1.807) is 24.3 Å². The van der Waals surface area contributed by atoms with Gasteiger partial charge >= 0.3 is 12.1 Å². The number of aliphatic carboxylic acids is 1. The van der Waals surface area contributed by atoms with Crippen molar-refractivity contribution in [2.24, 2.45) is 0 Å². The summed E-state index contributed by atoms with van der Waals surface area (Å²) in [7, 11) is -3.78. The fourth-order valence-electron chi connectivity index (χ4n) is 3.39. The molecule has 0 aliphatic carbocycles. The molecule has 0 spiro atoms. The zero-order valence-corrected chi connectivity index (χ0v) is 21.4. The van der Waals surface area contributed by atoms with Gasteiger partial charge in [-0.25, -0.2) is 13.2 Å². The van der Waals surface area contributed by atoms with Gasteiger partial charge in [0.1, 0.15) is 0 Å². The summed E-state index contributed by atoms with van der Waals surface area (Å²) in [4.78, 5) is 23.7. The number of sulfonamides is 1. The van der Waals surface area contributed by atoms with Crippen LogP contribution in [0.1, 0.15) is 36.2 Å². The first-order chi connectivity index (χ1) is 17.4. The number of rotatable bonds is 8. The van der Waals surface area contributed by atoms with Gasteiger partial charge in [0, 0.05) is 38.3 Å². The fraction of sp³-hybridized carbons (Fsp3) is 0.417. The Bertz CT molecular complexity index is 1170. The number of anilines is 2. The third-order valence-corrected chi connectivity index (χ3v) is 6.76. The second-order valence-electron chi connectivity index (χ2n) is 8.13. The zero-order valence-electron chi connectivity index (χ0n) is 20.6. The van der Waals surface area contributed by atoms with Crippen LogP contribution in [0, 0.1) is 0 Å². The number of halogens is 3. The Kier molecular flexibility index (Phi) is 10.7. The van der Waals surface area contributed by atoms with E-state index in [-0.39, 0.29) is 10.8 Å². The number of nitrogens with zero attached hydrogens (tertiary/aromatic N) is 1. The van der Waals surface area contributed by atoms with Gasteiger partial charge in [-0.3, -0.25) is 9.52 Å². The van der Waals surface area contributed by atoms with Crippen molar-refractivity contribution in [3.8, 4) is 0 Å². The minimum absolute atomic E-state index is 0.201. The Hall–Kier alpha value is -3.32. The number of piperazine rings is 1. The molecule has 0 saturated carbocycles. The summed E-state index contributed by atoms with van der Waals surface area (Å²) < 4.78 is 60.5. The quantitative estimate of drug-likeness (QED) is 0.402. The molecule has 204 valence electrons. The van der Waals surface area contributed by atoms with Gasteiger partial charge in [-0.05, 0) is 48.7 Å². The van der Waals surface area contributed by atoms with Crippen LogP contribution < -0.4 is 20.3 Å². The maximum atomic E-state index is 13.0. The van der Waals surface area contributed by atoms with Crippen molar-refractivity contribution in [1.29, 1.82) is 0 Å². The highest BCUT2D eigenvalue weighted by atomic mass is 32.2. The molecular weight excluding hydrogens is 513 g/mol. The van der Waals surface area contributed by atoms with Crippen molar-refractivity contribution < 1.29 is 36.3 Å². The van der Waals surface area contributed by atoms with E-state index in [4.69, 9.17) is 9.90 Å². The number of carbonyl (C=O) groups excluding carboxylic acids is 1. The van der Waals surface area contributed by atoms with Crippen LogP contribution in [0.15, 0.2) is 47.4 Å². The highest BCUT2D eigenvalue weighted by Gasteiger charge is 2.38. The molecule has 0 aromatic heterocycles. The predicted octanol–water partition coefficient (Wildman–Crippen LogP) is 3.23. The van der Waals surface area contributed by atoms with E-state index in [1.807, 2.05) is 32.0 Å². The van der Waals surface area contributed by atoms with E-state index < -0.39 is 22.2 Å². The Morgan fingerprint density at radius 3 is 2.16 bits per heavy atom. The first-order valence-corrected chi connectivity index (χ1v) is 13.2. The largest absolute Gasteiger partial charge is 0.490 e. The van der Waals surface area contributed by atoms with Crippen molar-refractivity contribution in [2.75, 3.05) is 42.3 Å². The molecule has 0 unspecified atom stereocenters. The van der Waals surface area contributed by atoms with Crippen LogP contribution in [0.2, 0.25) is 0 Å². The van der Waals surface area contributed by atoms with Crippen molar-refractivity contribution in [3.05, 3.63) is 53.6 Å². The van der Waals surface area contributed by atoms with Crippen molar-refractivity contribution in [2.45, 2.75) is 37.8 Å². The van der Waals surface area contributed by atoms with Crippen LogP contribution in [0.25, 0.3) is 0 Å². The van der Waals surface area contributed by atoms with Gasteiger partial charge in [-0.15, -0.1) is 0 Å². The summed E-state index contributed by atoms with van der Waals surface area (Å²) in [5.74, 6) is -2.97. The Morgan fingerprint density at radius 2 is 1.65 bits per heavy atom. The lowest BCUT2D eigenvalue weighted by atomic mass is 10.1. The minimum atomic E-state index is -5.08. The van der Waals surface area contributed by atoms with E-state index >= 15 is 0 Å². The van der Waals surface area contributed by atoms with Crippen LogP contribution in [0.3, 0.4) is 0 Å². The molecule has 1 fully saturated rings. The Morgan fingerprint density at radius 1 is 1.05 bits per heavy atom. The molecular formula is C24H31F3N4O5S. The molecule has 1 aliphatic rings. The average molecular weight is 545 g/mol. The molecule has 0 atom stereocenters. The van der Waals surface area contributed by atoms with Gasteiger partial charge in [0.15, 0.2) is 0 Å². The average Bonchev–Trinajstić information content (AvgIpc) is 2.87. The van der Waals surface area contributed by atoms with Gasteiger partial charge in [-0.2, -0.15) is 13.2 Å². The van der Waals surface area contributed by atoms with E-state index in [1.165, 1.54) is 0 Å². The number of hydrogen-bond acceptors (Lipinski definition) is 6. The third kappa shape index (κ3) is 8.93. The molecule has 1 heterocycles. The number of alkyl halides is 3. The highest BCUT2D eigenvalue weighted by Crippen LogP contribution is 2.30. The molecule has 1 saturated heterocycles. The molecule has 2 aromatic carbocycles. The molecule has 9 nitrogen and oxygen atoms in total. The van der Waals surface area contributed by atoms with Crippen LogP contribution in [0.5, 0.6) is 0 Å². The molecule has 13 heteroatoms. The molecule has 1 aliphatic heterocycles. The molecule has 1 amide bonds. The minimum Gasteiger partial charge on any atom is -0.475 e. The third-order valence-electron chi connectivity index (χ3n) is 5.38. The van der Waals surface area contributed by atoms with Crippen LogP contribution >= 0.6 is 0 Å². The predicted molar refractivity (Wildman–Crippen MR) is 134 cm³/mol. The lowest BCUT2D eigenvalue weighted by molar-refractivity contribution is -0.192. The van der Waals surface area contributed by atoms with Crippen LogP contribution in [-0.4, -0.2) is 64.3 Å². The highest BCUT2D eigenvalue weighted by molar-refractivity contribution is 7.92. The number of carboxylic acids is 1. The molecule has 2 aromatic rings. The van der Waals surface area contributed by atoms with Crippen LogP contribution in [0.4, 0.5) is 24.5 Å². The second-order valence-corrected chi connectivity index (χ2v) is 9.81. The maximum Gasteiger partial charge on any atom is 0.490 e. The standard InChI is InChI=1S/C22H30N4O3S.C2HF3O2/c1-3-11-24-22(27)18-7-10-21(26-14-12-23-13-15-26)20(16-18)25-30(28,29)19-8-5-17(4-2)6-9-19;3-2(4,5)1(6)7/h5-10,16,23,25H,3-4,11-15H2,1-2H3,(H,24,27);(H,6,7). The number of carboxylic acid groups (broad SMARTS) is 1. The molecule has 3 rings (SSSR count). The monoisotopic (exact) mass is 544 g/mol. The summed E-state index contributed by atoms with van der Waals surface area (Å²) >= 11 is 0. The van der Waals surface area contributed by atoms with Crippen molar-refractivity contribution in [1.82, 2.24) is 10.6 Å². The summed E-state index contributed by atoms with van der Waals surface area (Å²) in [6, 6.07) is 12.1. The van der Waals surface area contributed by atoms with E-state index in [9.17, 15) is 26.4 Å². The van der Waals surface area contributed by atoms with Crippen molar-refractivity contribution in [3.63, 3.8) is 0 Å². The Balaban J connectivity index is 0.000000604. The normalized spacial score (nSPS) is 13.8. The fourth-order valence-corrected chi connectivity index (χ4v) is 4.45. The molecule has 0 bridgehead atoms. The van der Waals surface area contributed by atoms with E-state index in [2.05, 4.69) is 20.3 Å². The number of aryl methyl sites for hydroxylation is 1.